The maximum atomic E-state index is 14.0. The van der Waals surface area contributed by atoms with Crippen molar-refractivity contribution >= 4 is 23.6 Å². The van der Waals surface area contributed by atoms with Crippen LogP contribution in [0.5, 0.6) is 5.75 Å². The molecule has 2 saturated heterocycles. The molecule has 0 aromatic heterocycles. The van der Waals surface area contributed by atoms with Crippen LogP contribution in [0.4, 0.5) is 0 Å². The maximum absolute atomic E-state index is 14.0. The van der Waals surface area contributed by atoms with Crippen LogP contribution < -0.4 is 21.5 Å². The van der Waals surface area contributed by atoms with Crippen molar-refractivity contribution in [2.24, 2.45) is 11.5 Å². The number of rotatable bonds is 10. The molecule has 0 aliphatic carbocycles. The van der Waals surface area contributed by atoms with E-state index in [0.29, 0.717) is 38.0 Å². The van der Waals surface area contributed by atoms with Crippen molar-refractivity contribution in [3.05, 3.63) is 29.8 Å². The highest BCUT2D eigenvalue weighted by molar-refractivity contribution is 5.98. The van der Waals surface area contributed by atoms with Crippen LogP contribution in [-0.2, 0) is 25.6 Å². The van der Waals surface area contributed by atoms with Crippen LogP contribution >= 0.6 is 0 Å². The molecule has 3 rings (SSSR count). The SMILES string of the molecule is COc1cccc(C[C@@]2(C(=O)N[C@H](C(N)=O)[C@@H](C)O)CCCN2C(=O)[C@@H]2CCCN2C(=O)[C@@H](N)[C@@H](C)O)c1. The lowest BCUT2D eigenvalue weighted by atomic mass is 9.86. The molecule has 38 heavy (non-hydrogen) atoms. The van der Waals surface area contributed by atoms with E-state index in [4.69, 9.17) is 16.2 Å². The minimum absolute atomic E-state index is 0.112. The van der Waals surface area contributed by atoms with E-state index in [0.717, 1.165) is 5.56 Å². The molecule has 210 valence electrons. The first-order valence-electron chi connectivity index (χ1n) is 12.9. The van der Waals surface area contributed by atoms with Gasteiger partial charge in [-0.05, 0) is 57.2 Å². The van der Waals surface area contributed by atoms with Crippen LogP contribution in [0.1, 0.15) is 45.1 Å². The van der Waals surface area contributed by atoms with Crippen molar-refractivity contribution in [2.45, 2.75) is 81.8 Å². The number of nitrogens with one attached hydrogen (secondary N) is 1. The molecule has 0 radical (unpaired) electrons. The summed E-state index contributed by atoms with van der Waals surface area (Å²) in [4.78, 5) is 55.7. The number of likely N-dealkylation sites (tertiary alicyclic amines) is 2. The first kappa shape index (κ1) is 29.3. The van der Waals surface area contributed by atoms with Crippen LogP contribution in [0.2, 0.25) is 0 Å². The third-order valence-electron chi connectivity index (χ3n) is 7.51. The van der Waals surface area contributed by atoms with Crippen molar-refractivity contribution in [2.75, 3.05) is 20.2 Å². The second kappa shape index (κ2) is 12.1. The fraction of sp³-hybridized carbons (Fsp3) is 0.615. The van der Waals surface area contributed by atoms with Gasteiger partial charge in [0.1, 0.15) is 29.4 Å². The molecule has 2 aliphatic rings. The Labute approximate surface area is 222 Å². The zero-order valence-corrected chi connectivity index (χ0v) is 22.1. The number of nitrogens with zero attached hydrogens (tertiary/aromatic N) is 2. The molecule has 0 spiro atoms. The summed E-state index contributed by atoms with van der Waals surface area (Å²) in [7, 11) is 1.52. The van der Waals surface area contributed by atoms with Gasteiger partial charge in [0.25, 0.3) is 0 Å². The number of hydrogen-bond donors (Lipinski definition) is 5. The van der Waals surface area contributed by atoms with Gasteiger partial charge in [0.15, 0.2) is 0 Å². The van der Waals surface area contributed by atoms with Crippen molar-refractivity contribution < 1.29 is 34.1 Å². The zero-order valence-electron chi connectivity index (χ0n) is 22.1. The maximum Gasteiger partial charge on any atom is 0.247 e. The minimum Gasteiger partial charge on any atom is -0.497 e. The van der Waals surface area contributed by atoms with Gasteiger partial charge in [0.2, 0.25) is 23.6 Å². The monoisotopic (exact) mass is 533 g/mol. The Bertz CT molecular complexity index is 1050. The summed E-state index contributed by atoms with van der Waals surface area (Å²) in [5.41, 5.74) is 10.6. The van der Waals surface area contributed by atoms with Gasteiger partial charge in [-0.25, -0.2) is 0 Å². The van der Waals surface area contributed by atoms with E-state index in [-0.39, 0.29) is 13.0 Å². The van der Waals surface area contributed by atoms with Crippen molar-refractivity contribution in [3.63, 3.8) is 0 Å². The topological polar surface area (TPSA) is 189 Å². The molecule has 2 fully saturated rings. The second-order valence-electron chi connectivity index (χ2n) is 10.2. The first-order valence-corrected chi connectivity index (χ1v) is 12.9. The molecule has 12 heteroatoms. The first-order chi connectivity index (χ1) is 17.9. The summed E-state index contributed by atoms with van der Waals surface area (Å²) in [5.74, 6) is -1.88. The minimum atomic E-state index is -1.41. The van der Waals surface area contributed by atoms with Gasteiger partial charge in [-0.2, -0.15) is 0 Å². The lowest BCUT2D eigenvalue weighted by Gasteiger charge is -2.41. The molecule has 1 aromatic carbocycles. The summed E-state index contributed by atoms with van der Waals surface area (Å²) in [6, 6.07) is 3.75. The highest BCUT2D eigenvalue weighted by Crippen LogP contribution is 2.36. The van der Waals surface area contributed by atoms with Gasteiger partial charge >= 0.3 is 0 Å². The molecule has 12 nitrogen and oxygen atoms in total. The Morgan fingerprint density at radius 3 is 2.47 bits per heavy atom. The lowest BCUT2D eigenvalue weighted by molar-refractivity contribution is -0.152. The Kier molecular flexibility index (Phi) is 9.34. The number of ether oxygens (including phenoxy) is 1. The normalized spacial score (nSPS) is 24.4. The molecule has 4 amide bonds. The molecule has 1 aromatic rings. The van der Waals surface area contributed by atoms with E-state index in [1.54, 1.807) is 18.2 Å². The number of carbonyl (C=O) groups is 4. The number of hydrogen-bond acceptors (Lipinski definition) is 8. The quantitative estimate of drug-likeness (QED) is 0.244. The third kappa shape index (κ3) is 5.92. The van der Waals surface area contributed by atoms with Crippen LogP contribution in [0.25, 0.3) is 0 Å². The van der Waals surface area contributed by atoms with Crippen molar-refractivity contribution in [1.82, 2.24) is 15.1 Å². The van der Waals surface area contributed by atoms with E-state index in [1.807, 2.05) is 6.07 Å². The summed E-state index contributed by atoms with van der Waals surface area (Å²) < 4.78 is 5.33. The van der Waals surface area contributed by atoms with E-state index < -0.39 is 59.5 Å². The van der Waals surface area contributed by atoms with Gasteiger partial charge in [-0.15, -0.1) is 0 Å². The predicted octanol–water partition coefficient (Wildman–Crippen LogP) is -1.35. The molecule has 2 heterocycles. The van der Waals surface area contributed by atoms with Gasteiger partial charge in [-0.3, -0.25) is 19.2 Å². The van der Waals surface area contributed by atoms with Gasteiger partial charge < -0.3 is 41.5 Å². The predicted molar refractivity (Wildman–Crippen MR) is 138 cm³/mol. The summed E-state index contributed by atoms with van der Waals surface area (Å²) in [6.07, 6.45) is -0.462. The van der Waals surface area contributed by atoms with Crippen LogP contribution in [-0.4, -0.2) is 99.7 Å². The highest BCUT2D eigenvalue weighted by Gasteiger charge is 2.53. The van der Waals surface area contributed by atoms with E-state index in [9.17, 15) is 29.4 Å². The molecule has 0 saturated carbocycles. The Morgan fingerprint density at radius 1 is 1.16 bits per heavy atom. The molecule has 2 aliphatic heterocycles. The van der Waals surface area contributed by atoms with Crippen LogP contribution in [0.3, 0.4) is 0 Å². The average Bonchev–Trinajstić information content (AvgIpc) is 3.53. The van der Waals surface area contributed by atoms with E-state index >= 15 is 0 Å². The molecule has 7 N–H and O–H groups in total. The largest absolute Gasteiger partial charge is 0.497 e. The zero-order chi connectivity index (χ0) is 28.2. The van der Waals surface area contributed by atoms with Gasteiger partial charge in [-0.1, -0.05) is 12.1 Å². The number of aliphatic hydroxyl groups excluding tert-OH is 2. The second-order valence-corrected chi connectivity index (χ2v) is 10.2. The highest BCUT2D eigenvalue weighted by atomic mass is 16.5. The fourth-order valence-corrected chi connectivity index (χ4v) is 5.39. The summed E-state index contributed by atoms with van der Waals surface area (Å²) >= 11 is 0. The standard InChI is InChI=1S/C26H39N5O7/c1-15(32)20(27)24(36)30-11-5-9-19(30)23(35)31-12-6-10-26(31,14-17-7-4-8-18(13-17)38-3)25(37)29-21(16(2)33)22(28)34/h4,7-8,13,15-16,19-21,32-33H,5-6,9-12,14,27H2,1-3H3,(H2,28,34)(H,29,37)/t15-,16-,19+,20+,21+,26-/m1/s1. The molecule has 6 atom stereocenters. The van der Waals surface area contributed by atoms with Crippen molar-refractivity contribution in [3.8, 4) is 5.75 Å². The Hall–Kier alpha value is -3.22. The lowest BCUT2D eigenvalue weighted by Crippen LogP contribution is -2.65. The number of methoxy groups -OCH3 is 1. The number of amides is 4. The van der Waals surface area contributed by atoms with Gasteiger partial charge in [0, 0.05) is 19.5 Å². The van der Waals surface area contributed by atoms with Crippen molar-refractivity contribution in [1.29, 1.82) is 0 Å². The van der Waals surface area contributed by atoms with E-state index in [1.165, 1.54) is 30.8 Å². The average molecular weight is 534 g/mol. The third-order valence-corrected chi connectivity index (χ3v) is 7.51. The van der Waals surface area contributed by atoms with Gasteiger partial charge in [0.05, 0.1) is 19.3 Å². The molecule has 0 bridgehead atoms. The number of benzene rings is 1. The number of nitrogens with two attached hydrogens (primary N) is 2. The number of primary amides is 1. The smallest absolute Gasteiger partial charge is 0.247 e. The number of aliphatic hydroxyl groups is 2. The fourth-order valence-electron chi connectivity index (χ4n) is 5.39. The van der Waals surface area contributed by atoms with Crippen LogP contribution in [0.15, 0.2) is 24.3 Å². The number of carbonyl (C=O) groups excluding carboxylic acids is 4. The molecular formula is C26H39N5O7. The summed E-state index contributed by atoms with van der Waals surface area (Å²) in [6.45, 7) is 3.32. The Morgan fingerprint density at radius 2 is 1.87 bits per heavy atom. The van der Waals surface area contributed by atoms with Crippen LogP contribution in [0, 0.1) is 0 Å². The molecule has 0 unspecified atom stereocenters. The van der Waals surface area contributed by atoms with E-state index in [2.05, 4.69) is 5.32 Å². The molecular weight excluding hydrogens is 494 g/mol. The Balaban J connectivity index is 1.99. The summed E-state index contributed by atoms with van der Waals surface area (Å²) in [5, 5.41) is 22.5.